The number of carboxylic acid groups (broad SMARTS) is 1. The Labute approximate surface area is 138 Å². The summed E-state index contributed by atoms with van der Waals surface area (Å²) in [5.74, 6) is -0.566. The molecule has 0 bridgehead atoms. The first-order valence-electron chi connectivity index (χ1n) is 7.73. The van der Waals surface area contributed by atoms with Gasteiger partial charge < -0.3 is 19.2 Å². The Bertz CT molecular complexity index is 713. The lowest BCUT2D eigenvalue weighted by Crippen LogP contribution is -2.46. The molecule has 126 valence electrons. The number of carbonyl (C=O) groups is 2. The Morgan fingerprint density at radius 1 is 1.29 bits per heavy atom. The molecular formula is C17H18N2O5. The maximum Gasteiger partial charge on any atom is 0.306 e. The van der Waals surface area contributed by atoms with Crippen LogP contribution in [0.15, 0.2) is 41.0 Å². The smallest absolute Gasteiger partial charge is 0.306 e. The van der Waals surface area contributed by atoms with E-state index in [1.54, 1.807) is 4.90 Å². The van der Waals surface area contributed by atoms with Crippen molar-refractivity contribution in [2.45, 2.75) is 18.9 Å². The van der Waals surface area contributed by atoms with Gasteiger partial charge in [-0.25, -0.2) is 4.98 Å². The van der Waals surface area contributed by atoms with Gasteiger partial charge in [-0.15, -0.1) is 0 Å². The van der Waals surface area contributed by atoms with E-state index in [-0.39, 0.29) is 25.3 Å². The number of aliphatic carboxylic acids is 1. The number of ether oxygens (including phenoxy) is 1. The number of hydrogen-bond acceptors (Lipinski definition) is 5. The number of amides is 1. The largest absolute Gasteiger partial charge is 0.481 e. The number of rotatable bonds is 5. The minimum absolute atomic E-state index is 0.105. The van der Waals surface area contributed by atoms with Crippen molar-refractivity contribution < 1.29 is 23.8 Å². The fourth-order valence-electron chi connectivity index (χ4n) is 2.63. The van der Waals surface area contributed by atoms with Crippen LogP contribution in [0.5, 0.6) is 0 Å². The standard InChI is InChI=1S/C17H18N2O5/c20-15(19-6-7-23-14(10-19)9-16(21)22)8-13-11-24-17(18-13)12-4-2-1-3-5-12/h1-5,11,14H,6-10H2,(H,21,22). The first-order chi connectivity index (χ1) is 11.6. The number of carboxylic acids is 1. The fraction of sp³-hybridized carbons (Fsp3) is 0.353. The lowest BCUT2D eigenvalue weighted by Gasteiger charge is -2.32. The molecule has 2 heterocycles. The van der Waals surface area contributed by atoms with E-state index in [9.17, 15) is 9.59 Å². The zero-order valence-corrected chi connectivity index (χ0v) is 13.1. The van der Waals surface area contributed by atoms with Crippen molar-refractivity contribution in [2.24, 2.45) is 0 Å². The number of carbonyl (C=O) groups excluding carboxylic acids is 1. The Hall–Kier alpha value is -2.67. The van der Waals surface area contributed by atoms with Gasteiger partial charge >= 0.3 is 5.97 Å². The quantitative estimate of drug-likeness (QED) is 0.895. The van der Waals surface area contributed by atoms with Gasteiger partial charge in [-0.1, -0.05) is 18.2 Å². The van der Waals surface area contributed by atoms with Crippen LogP contribution < -0.4 is 0 Å². The van der Waals surface area contributed by atoms with Crippen molar-refractivity contribution in [2.75, 3.05) is 19.7 Å². The van der Waals surface area contributed by atoms with E-state index in [1.807, 2.05) is 30.3 Å². The average molecular weight is 330 g/mol. The summed E-state index contributed by atoms with van der Waals surface area (Å²) in [7, 11) is 0. The van der Waals surface area contributed by atoms with Crippen LogP contribution in [-0.4, -0.2) is 52.7 Å². The summed E-state index contributed by atoms with van der Waals surface area (Å²) in [6.45, 7) is 1.09. The van der Waals surface area contributed by atoms with Crippen molar-refractivity contribution in [3.63, 3.8) is 0 Å². The second kappa shape index (κ2) is 7.27. The zero-order valence-electron chi connectivity index (χ0n) is 13.1. The summed E-state index contributed by atoms with van der Waals surface area (Å²) in [6, 6.07) is 9.45. The highest BCUT2D eigenvalue weighted by Crippen LogP contribution is 2.19. The molecule has 3 rings (SSSR count). The monoisotopic (exact) mass is 330 g/mol. The Morgan fingerprint density at radius 2 is 2.08 bits per heavy atom. The van der Waals surface area contributed by atoms with E-state index in [1.165, 1.54) is 6.26 Å². The van der Waals surface area contributed by atoms with Crippen LogP contribution in [0.1, 0.15) is 12.1 Å². The van der Waals surface area contributed by atoms with Crippen LogP contribution in [0.25, 0.3) is 11.5 Å². The molecule has 0 aliphatic carbocycles. The summed E-state index contributed by atoms with van der Waals surface area (Å²) >= 11 is 0. The normalized spacial score (nSPS) is 17.7. The Morgan fingerprint density at radius 3 is 2.83 bits per heavy atom. The van der Waals surface area contributed by atoms with E-state index >= 15 is 0 Å². The number of oxazole rings is 1. The molecule has 1 amide bonds. The lowest BCUT2D eigenvalue weighted by molar-refractivity contribution is -0.147. The SMILES string of the molecule is O=C(O)CC1CN(C(=O)Cc2coc(-c3ccccc3)n2)CCO1. The maximum absolute atomic E-state index is 12.4. The van der Waals surface area contributed by atoms with Gasteiger partial charge in [0.25, 0.3) is 0 Å². The van der Waals surface area contributed by atoms with Crippen molar-refractivity contribution >= 4 is 11.9 Å². The molecule has 0 saturated carbocycles. The van der Waals surface area contributed by atoms with Crippen LogP contribution in [0.4, 0.5) is 0 Å². The third-order valence-electron chi connectivity index (χ3n) is 3.80. The van der Waals surface area contributed by atoms with Gasteiger partial charge in [0.15, 0.2) is 0 Å². The van der Waals surface area contributed by atoms with Crippen molar-refractivity contribution in [1.82, 2.24) is 9.88 Å². The highest BCUT2D eigenvalue weighted by Gasteiger charge is 2.26. The van der Waals surface area contributed by atoms with Crippen molar-refractivity contribution in [3.8, 4) is 11.5 Å². The van der Waals surface area contributed by atoms with Gasteiger partial charge in [-0.3, -0.25) is 9.59 Å². The lowest BCUT2D eigenvalue weighted by atomic mass is 10.2. The number of morpholine rings is 1. The highest BCUT2D eigenvalue weighted by atomic mass is 16.5. The zero-order chi connectivity index (χ0) is 16.9. The van der Waals surface area contributed by atoms with Gasteiger partial charge in [0.1, 0.15) is 6.26 Å². The number of hydrogen-bond donors (Lipinski definition) is 1. The summed E-state index contributed by atoms with van der Waals surface area (Å²) in [5.41, 5.74) is 1.41. The van der Waals surface area contributed by atoms with E-state index in [0.717, 1.165) is 5.56 Å². The van der Waals surface area contributed by atoms with Gasteiger partial charge in [0.2, 0.25) is 11.8 Å². The van der Waals surface area contributed by atoms with E-state index < -0.39 is 12.1 Å². The van der Waals surface area contributed by atoms with Crippen LogP contribution in [-0.2, 0) is 20.7 Å². The van der Waals surface area contributed by atoms with E-state index in [2.05, 4.69) is 4.98 Å². The predicted molar refractivity (Wildman–Crippen MR) is 84.2 cm³/mol. The molecule has 1 aliphatic rings. The molecule has 2 aromatic rings. The van der Waals surface area contributed by atoms with Crippen LogP contribution in [0.3, 0.4) is 0 Å². The number of benzene rings is 1. The molecule has 1 aromatic carbocycles. The molecule has 24 heavy (non-hydrogen) atoms. The molecule has 1 saturated heterocycles. The topological polar surface area (TPSA) is 92.9 Å². The Balaban J connectivity index is 1.61. The highest BCUT2D eigenvalue weighted by molar-refractivity contribution is 5.78. The molecule has 0 radical (unpaired) electrons. The number of aromatic nitrogens is 1. The van der Waals surface area contributed by atoms with E-state index in [4.69, 9.17) is 14.3 Å². The maximum atomic E-state index is 12.4. The third-order valence-corrected chi connectivity index (χ3v) is 3.80. The molecule has 1 fully saturated rings. The Kier molecular flexibility index (Phi) is 4.90. The van der Waals surface area contributed by atoms with E-state index in [0.29, 0.717) is 24.7 Å². The summed E-state index contributed by atoms with van der Waals surface area (Å²) in [5, 5.41) is 8.83. The predicted octanol–water partition coefficient (Wildman–Crippen LogP) is 1.59. The van der Waals surface area contributed by atoms with Crippen LogP contribution in [0, 0.1) is 0 Å². The van der Waals surface area contributed by atoms with Gasteiger partial charge in [0, 0.05) is 18.7 Å². The molecular weight excluding hydrogens is 312 g/mol. The second-order valence-electron chi connectivity index (χ2n) is 5.62. The van der Waals surface area contributed by atoms with Crippen molar-refractivity contribution in [3.05, 3.63) is 42.3 Å². The molecule has 0 spiro atoms. The molecule has 1 unspecified atom stereocenters. The molecule has 1 aromatic heterocycles. The van der Waals surface area contributed by atoms with Gasteiger partial charge in [-0.2, -0.15) is 0 Å². The minimum Gasteiger partial charge on any atom is -0.481 e. The first kappa shape index (κ1) is 16.2. The molecule has 1 N–H and O–H groups in total. The van der Waals surface area contributed by atoms with Crippen LogP contribution in [0.2, 0.25) is 0 Å². The minimum atomic E-state index is -0.932. The second-order valence-corrected chi connectivity index (χ2v) is 5.62. The number of nitrogens with zero attached hydrogens (tertiary/aromatic N) is 2. The average Bonchev–Trinajstić information content (AvgIpc) is 3.04. The third kappa shape index (κ3) is 3.99. The molecule has 1 atom stereocenters. The molecule has 1 aliphatic heterocycles. The van der Waals surface area contributed by atoms with Crippen LogP contribution >= 0.6 is 0 Å². The fourth-order valence-corrected chi connectivity index (χ4v) is 2.63. The summed E-state index contributed by atoms with van der Waals surface area (Å²) in [6.07, 6.45) is 1.04. The van der Waals surface area contributed by atoms with Crippen molar-refractivity contribution in [1.29, 1.82) is 0 Å². The summed E-state index contributed by atoms with van der Waals surface area (Å²) < 4.78 is 10.8. The molecule has 7 heteroatoms. The van der Waals surface area contributed by atoms with Gasteiger partial charge in [0.05, 0.1) is 31.2 Å². The first-order valence-corrected chi connectivity index (χ1v) is 7.73. The molecule has 7 nitrogen and oxygen atoms in total. The van der Waals surface area contributed by atoms with Gasteiger partial charge in [-0.05, 0) is 12.1 Å². The summed E-state index contributed by atoms with van der Waals surface area (Å²) in [4.78, 5) is 29.1.